The SMILES string of the molecule is SCC(CS)SCC(CSC(CS)CS)(CSC(CS)CS)CSC(CS)CS. The summed E-state index contributed by atoms with van der Waals surface area (Å²) < 4.78 is 0. The summed E-state index contributed by atoms with van der Waals surface area (Å²) in [7, 11) is 0. The van der Waals surface area contributed by atoms with Gasteiger partial charge in [0.2, 0.25) is 0 Å². The van der Waals surface area contributed by atoms with Crippen LogP contribution in [0.2, 0.25) is 0 Å². The normalized spacial score (nSPS) is 12.8. The summed E-state index contributed by atoms with van der Waals surface area (Å²) in [6, 6.07) is 0. The van der Waals surface area contributed by atoms with Gasteiger partial charge in [-0.2, -0.15) is 148 Å². The molecule has 0 aromatic heterocycles. The van der Waals surface area contributed by atoms with E-state index in [1.807, 2.05) is 47.0 Å². The lowest BCUT2D eigenvalue weighted by molar-refractivity contribution is 0.513. The Hall–Kier alpha value is 4.20. The van der Waals surface area contributed by atoms with E-state index in [9.17, 15) is 0 Å². The third-order valence-corrected chi connectivity index (χ3v) is 16.0. The van der Waals surface area contributed by atoms with Crippen LogP contribution in [0.1, 0.15) is 0 Å². The smallest absolute Gasteiger partial charge is 0.0223 e. The summed E-state index contributed by atoms with van der Waals surface area (Å²) in [6.07, 6.45) is 0. The van der Waals surface area contributed by atoms with Gasteiger partial charge in [0.1, 0.15) is 0 Å². The summed E-state index contributed by atoms with van der Waals surface area (Å²) in [5.74, 6) is 11.3. The van der Waals surface area contributed by atoms with Crippen molar-refractivity contribution in [3.63, 3.8) is 0 Å². The first-order valence-corrected chi connectivity index (χ1v) is 18.6. The third kappa shape index (κ3) is 15.0. The first kappa shape index (κ1) is 33.2. The van der Waals surface area contributed by atoms with Crippen molar-refractivity contribution in [3.8, 4) is 0 Å². The van der Waals surface area contributed by atoms with Gasteiger partial charge in [0.05, 0.1) is 0 Å². The van der Waals surface area contributed by atoms with Crippen molar-refractivity contribution < 1.29 is 0 Å². The topological polar surface area (TPSA) is 0 Å². The lowest BCUT2D eigenvalue weighted by Crippen LogP contribution is -2.37. The minimum Gasteiger partial charge on any atom is -0.178 e. The zero-order valence-corrected chi connectivity index (χ0v) is 26.9. The second-order valence-corrected chi connectivity index (χ2v) is 14.8. The molecule has 176 valence electrons. The average Bonchev–Trinajstić information content (AvgIpc) is 2.76. The third-order valence-electron chi connectivity index (χ3n) is 4.13. The second-order valence-electron chi connectivity index (χ2n) is 6.69. The van der Waals surface area contributed by atoms with E-state index < -0.39 is 0 Å². The summed E-state index contributed by atoms with van der Waals surface area (Å²) in [4.78, 5) is 0. The van der Waals surface area contributed by atoms with Gasteiger partial charge in [0.25, 0.3) is 0 Å². The molecular weight excluding hydrogens is 589 g/mol. The largest absolute Gasteiger partial charge is 0.178 e. The van der Waals surface area contributed by atoms with Crippen LogP contribution in [-0.4, -0.2) is 90.0 Å². The van der Waals surface area contributed by atoms with Gasteiger partial charge in [0.15, 0.2) is 0 Å². The van der Waals surface area contributed by atoms with E-state index in [0.29, 0.717) is 21.0 Å². The molecule has 0 aliphatic rings. The van der Waals surface area contributed by atoms with E-state index >= 15 is 0 Å². The van der Waals surface area contributed by atoms with Crippen molar-refractivity contribution in [2.24, 2.45) is 5.41 Å². The van der Waals surface area contributed by atoms with Gasteiger partial charge >= 0.3 is 0 Å². The number of hydrogen-bond donors (Lipinski definition) is 8. The molecule has 12 heteroatoms. The minimum atomic E-state index is 0.202. The second kappa shape index (κ2) is 21.5. The Bertz CT molecular complexity index is 287. The first-order chi connectivity index (χ1) is 14.0. The van der Waals surface area contributed by atoms with Crippen LogP contribution in [0.25, 0.3) is 0 Å². The van der Waals surface area contributed by atoms with Crippen molar-refractivity contribution in [2.75, 3.05) is 69.0 Å². The predicted octanol–water partition coefficient (Wildman–Crippen LogP) is 5.82. The molecule has 0 amide bonds. The van der Waals surface area contributed by atoms with Gasteiger partial charge in [-0.1, -0.05) is 0 Å². The first-order valence-electron chi connectivity index (χ1n) is 9.31. The van der Waals surface area contributed by atoms with Crippen molar-refractivity contribution in [2.45, 2.75) is 21.0 Å². The van der Waals surface area contributed by atoms with E-state index in [-0.39, 0.29) is 5.41 Å². The van der Waals surface area contributed by atoms with Crippen LogP contribution >= 0.6 is 148 Å². The standard InChI is InChI=1S/C17H36S12/c18-1-13(2-19)26-9-17(10-27-14(3-20)4-21,11-28-15(5-22)6-23)12-29-16(7-24)8-25/h13-16,18-25H,1-12H2. The van der Waals surface area contributed by atoms with Crippen LogP contribution < -0.4 is 0 Å². The number of thioether (sulfide) groups is 4. The molecule has 0 nitrogen and oxygen atoms in total. The number of hydrogen-bond acceptors (Lipinski definition) is 12. The molecule has 0 heterocycles. The maximum absolute atomic E-state index is 4.52. The molecule has 0 spiro atoms. The molecule has 0 aromatic carbocycles. The maximum atomic E-state index is 4.52. The van der Waals surface area contributed by atoms with Crippen LogP contribution in [0.4, 0.5) is 0 Å². The molecule has 29 heavy (non-hydrogen) atoms. The molecular formula is C17H36S12. The van der Waals surface area contributed by atoms with E-state index in [1.54, 1.807) is 0 Å². The Morgan fingerprint density at radius 1 is 0.379 bits per heavy atom. The van der Waals surface area contributed by atoms with E-state index in [4.69, 9.17) is 0 Å². The molecule has 0 radical (unpaired) electrons. The lowest BCUT2D eigenvalue weighted by Gasteiger charge is -2.37. The molecule has 0 fully saturated rings. The highest BCUT2D eigenvalue weighted by Gasteiger charge is 2.34. The Labute approximate surface area is 240 Å². The fraction of sp³-hybridized carbons (Fsp3) is 1.00. The summed E-state index contributed by atoms with van der Waals surface area (Å²) in [6.45, 7) is 0. The highest BCUT2D eigenvalue weighted by molar-refractivity contribution is 8.04. The van der Waals surface area contributed by atoms with Gasteiger partial charge in [-0.25, -0.2) is 0 Å². The molecule has 0 unspecified atom stereocenters. The molecule has 0 saturated heterocycles. The Morgan fingerprint density at radius 3 is 0.690 bits per heavy atom. The fourth-order valence-corrected chi connectivity index (χ4v) is 11.7. The van der Waals surface area contributed by atoms with Crippen LogP contribution in [0.3, 0.4) is 0 Å². The molecule has 0 aromatic rings. The van der Waals surface area contributed by atoms with Crippen molar-refractivity contribution >= 4 is 148 Å². The lowest BCUT2D eigenvalue weighted by atomic mass is 9.99. The average molecular weight is 625 g/mol. The molecule has 0 N–H and O–H groups in total. The van der Waals surface area contributed by atoms with E-state index in [0.717, 1.165) is 69.0 Å². The molecule has 0 bridgehead atoms. The van der Waals surface area contributed by atoms with Crippen LogP contribution in [0, 0.1) is 5.41 Å². The molecule has 0 aliphatic heterocycles. The van der Waals surface area contributed by atoms with Crippen LogP contribution in [-0.2, 0) is 0 Å². The van der Waals surface area contributed by atoms with Gasteiger partial charge in [-0.05, 0) is 0 Å². The van der Waals surface area contributed by atoms with Gasteiger partial charge in [0, 0.05) is 95.4 Å². The molecule has 0 saturated carbocycles. The zero-order valence-electron chi connectivity index (χ0n) is 16.5. The molecule has 0 atom stereocenters. The summed E-state index contributed by atoms with van der Waals surface area (Å²) in [5.41, 5.74) is 0.202. The Kier molecular flexibility index (Phi) is 24.6. The van der Waals surface area contributed by atoms with Crippen LogP contribution in [0.15, 0.2) is 0 Å². The van der Waals surface area contributed by atoms with Gasteiger partial charge < -0.3 is 0 Å². The van der Waals surface area contributed by atoms with E-state index in [1.165, 1.54) is 0 Å². The van der Waals surface area contributed by atoms with Crippen molar-refractivity contribution in [1.29, 1.82) is 0 Å². The number of thiol groups is 8. The van der Waals surface area contributed by atoms with Crippen molar-refractivity contribution in [1.82, 2.24) is 0 Å². The zero-order chi connectivity index (χ0) is 22.1. The minimum absolute atomic E-state index is 0.202. The van der Waals surface area contributed by atoms with E-state index in [2.05, 4.69) is 101 Å². The number of rotatable bonds is 20. The van der Waals surface area contributed by atoms with Crippen molar-refractivity contribution in [3.05, 3.63) is 0 Å². The highest BCUT2D eigenvalue weighted by atomic mass is 32.2. The highest BCUT2D eigenvalue weighted by Crippen LogP contribution is 2.40. The Morgan fingerprint density at radius 2 is 0.552 bits per heavy atom. The quantitative estimate of drug-likeness (QED) is 0.0805. The predicted molar refractivity (Wildman–Crippen MR) is 178 cm³/mol. The maximum Gasteiger partial charge on any atom is 0.0223 e. The monoisotopic (exact) mass is 624 g/mol. The van der Waals surface area contributed by atoms with Gasteiger partial charge in [-0.3, -0.25) is 0 Å². The van der Waals surface area contributed by atoms with Crippen LogP contribution in [0.5, 0.6) is 0 Å². The fourth-order valence-electron chi connectivity index (χ4n) is 2.08. The Balaban J connectivity index is 5.46. The molecule has 0 rings (SSSR count). The summed E-state index contributed by atoms with van der Waals surface area (Å²) >= 11 is 44.3. The summed E-state index contributed by atoms with van der Waals surface area (Å²) in [5, 5.41) is 1.90. The van der Waals surface area contributed by atoms with Gasteiger partial charge in [-0.15, -0.1) is 0 Å². The molecule has 0 aliphatic carbocycles.